The molecule has 0 saturated heterocycles. The second-order valence-corrected chi connectivity index (χ2v) is 2.33. The maximum atomic E-state index is 10.1. The van der Waals surface area contributed by atoms with Gasteiger partial charge in [0.1, 0.15) is 0 Å². The van der Waals surface area contributed by atoms with Crippen LogP contribution in [-0.2, 0) is 9.53 Å². The summed E-state index contributed by atoms with van der Waals surface area (Å²) in [5.74, 6) is 0.909. The molecule has 0 aromatic rings. The smallest absolute Gasteiger partial charge is 0.160 e. The molecule has 1 aliphatic heterocycles. The lowest BCUT2D eigenvalue weighted by atomic mass is 10.2. The van der Waals surface area contributed by atoms with Crippen LogP contribution in [-0.4, -0.2) is 12.4 Å². The first-order valence-corrected chi connectivity index (χ1v) is 3.02. The molecule has 0 amide bonds. The van der Waals surface area contributed by atoms with E-state index in [0.717, 1.165) is 18.5 Å². The first kappa shape index (κ1) is 6.33. The van der Waals surface area contributed by atoms with Gasteiger partial charge >= 0.3 is 0 Å². The number of allylic oxidation sites excluding steroid dienone is 1. The highest BCUT2D eigenvalue weighted by Crippen LogP contribution is 2.22. The molecule has 0 aromatic carbocycles. The third-order valence-corrected chi connectivity index (χ3v) is 1.59. The molecule has 0 bridgehead atoms. The van der Waals surface area contributed by atoms with Crippen LogP contribution in [0, 0.1) is 0 Å². The fourth-order valence-electron chi connectivity index (χ4n) is 0.891. The van der Waals surface area contributed by atoms with Gasteiger partial charge < -0.3 is 4.74 Å². The Labute approximate surface area is 54.5 Å². The van der Waals surface area contributed by atoms with Crippen LogP contribution >= 0.6 is 0 Å². The minimum atomic E-state index is -0.204. The molecule has 1 unspecified atom stereocenters. The van der Waals surface area contributed by atoms with E-state index >= 15 is 0 Å². The van der Waals surface area contributed by atoms with Crippen LogP contribution < -0.4 is 0 Å². The molecule has 0 fully saturated rings. The summed E-state index contributed by atoms with van der Waals surface area (Å²) in [5, 5.41) is 0. The van der Waals surface area contributed by atoms with Crippen molar-refractivity contribution in [2.24, 2.45) is 0 Å². The van der Waals surface area contributed by atoms with E-state index in [2.05, 4.69) is 0 Å². The highest BCUT2D eigenvalue weighted by molar-refractivity contribution is 5.58. The number of aldehydes is 1. The molecule has 0 N–H and O–H groups in total. The lowest BCUT2D eigenvalue weighted by Crippen LogP contribution is -2.06. The lowest BCUT2D eigenvalue weighted by Gasteiger charge is -2.00. The predicted octanol–water partition coefficient (Wildman–Crippen LogP) is 1.27. The fraction of sp³-hybridized carbons (Fsp3) is 0.571. The molecule has 50 valence electrons. The first-order valence-electron chi connectivity index (χ1n) is 3.02. The normalized spacial score (nSPS) is 26.2. The van der Waals surface area contributed by atoms with Gasteiger partial charge in [0.25, 0.3) is 0 Å². The number of hydrogen-bond acceptors (Lipinski definition) is 2. The SMILES string of the molecule is CC1=C(C)OC(C=O)C1. The summed E-state index contributed by atoms with van der Waals surface area (Å²) in [7, 11) is 0. The van der Waals surface area contributed by atoms with E-state index in [1.165, 1.54) is 5.57 Å². The summed E-state index contributed by atoms with van der Waals surface area (Å²) < 4.78 is 5.13. The minimum absolute atomic E-state index is 0.204. The third-order valence-electron chi connectivity index (χ3n) is 1.59. The fourth-order valence-corrected chi connectivity index (χ4v) is 0.891. The Balaban J connectivity index is 2.58. The van der Waals surface area contributed by atoms with Crippen molar-refractivity contribution in [3.05, 3.63) is 11.3 Å². The van der Waals surface area contributed by atoms with Crippen LogP contribution in [0.2, 0.25) is 0 Å². The Bertz CT molecular complexity index is 144. The van der Waals surface area contributed by atoms with E-state index in [1.807, 2.05) is 13.8 Å². The van der Waals surface area contributed by atoms with E-state index in [9.17, 15) is 4.79 Å². The predicted molar refractivity (Wildman–Crippen MR) is 33.9 cm³/mol. The average molecular weight is 126 g/mol. The molecule has 0 spiro atoms. The monoisotopic (exact) mass is 126 g/mol. The van der Waals surface area contributed by atoms with Crippen molar-refractivity contribution in [2.75, 3.05) is 0 Å². The van der Waals surface area contributed by atoms with Gasteiger partial charge in [-0.05, 0) is 19.4 Å². The average Bonchev–Trinajstić information content (AvgIpc) is 2.13. The van der Waals surface area contributed by atoms with E-state index < -0.39 is 0 Å². The van der Waals surface area contributed by atoms with Crippen LogP contribution in [0.4, 0.5) is 0 Å². The Morgan fingerprint density at radius 1 is 1.67 bits per heavy atom. The Kier molecular flexibility index (Phi) is 1.56. The quantitative estimate of drug-likeness (QED) is 0.494. The molecule has 2 nitrogen and oxygen atoms in total. The van der Waals surface area contributed by atoms with E-state index in [-0.39, 0.29) is 6.10 Å². The molecule has 2 heteroatoms. The van der Waals surface area contributed by atoms with Crippen molar-refractivity contribution in [1.29, 1.82) is 0 Å². The van der Waals surface area contributed by atoms with Crippen molar-refractivity contribution in [3.63, 3.8) is 0 Å². The Morgan fingerprint density at radius 2 is 2.33 bits per heavy atom. The Morgan fingerprint density at radius 3 is 2.56 bits per heavy atom. The topological polar surface area (TPSA) is 26.3 Å². The molecule has 9 heavy (non-hydrogen) atoms. The zero-order chi connectivity index (χ0) is 6.85. The first-order chi connectivity index (χ1) is 4.24. The molecular weight excluding hydrogens is 116 g/mol. The number of carbonyl (C=O) groups excluding carboxylic acids is 1. The van der Waals surface area contributed by atoms with Crippen LogP contribution in [0.5, 0.6) is 0 Å². The second kappa shape index (κ2) is 2.21. The molecule has 0 radical (unpaired) electrons. The molecule has 1 heterocycles. The van der Waals surface area contributed by atoms with Gasteiger partial charge in [-0.15, -0.1) is 0 Å². The highest BCUT2D eigenvalue weighted by Gasteiger charge is 2.18. The number of rotatable bonds is 1. The molecule has 0 saturated carbocycles. The van der Waals surface area contributed by atoms with Crippen molar-refractivity contribution in [1.82, 2.24) is 0 Å². The molecule has 1 aliphatic rings. The lowest BCUT2D eigenvalue weighted by molar-refractivity contribution is -0.114. The van der Waals surface area contributed by atoms with Crippen LogP contribution in [0.15, 0.2) is 11.3 Å². The highest BCUT2D eigenvalue weighted by atomic mass is 16.5. The van der Waals surface area contributed by atoms with E-state index in [0.29, 0.717) is 0 Å². The summed E-state index contributed by atoms with van der Waals surface area (Å²) >= 11 is 0. The van der Waals surface area contributed by atoms with E-state index in [4.69, 9.17) is 4.74 Å². The minimum Gasteiger partial charge on any atom is -0.487 e. The van der Waals surface area contributed by atoms with Crippen LogP contribution in [0.25, 0.3) is 0 Å². The van der Waals surface area contributed by atoms with E-state index in [1.54, 1.807) is 0 Å². The second-order valence-electron chi connectivity index (χ2n) is 2.33. The van der Waals surface area contributed by atoms with Crippen molar-refractivity contribution in [3.8, 4) is 0 Å². The standard InChI is InChI=1S/C7H10O2/c1-5-3-7(4-8)9-6(5)2/h4,7H,3H2,1-2H3. The number of hydrogen-bond donors (Lipinski definition) is 0. The van der Waals surface area contributed by atoms with Gasteiger partial charge in [0, 0.05) is 6.42 Å². The molecule has 1 rings (SSSR count). The van der Waals surface area contributed by atoms with Gasteiger partial charge in [0.2, 0.25) is 0 Å². The van der Waals surface area contributed by atoms with Gasteiger partial charge in [0.05, 0.1) is 5.76 Å². The van der Waals surface area contributed by atoms with Crippen LogP contribution in [0.1, 0.15) is 20.3 Å². The maximum absolute atomic E-state index is 10.1. The molecule has 0 aromatic heterocycles. The van der Waals surface area contributed by atoms with Gasteiger partial charge in [-0.1, -0.05) is 0 Å². The summed E-state index contributed by atoms with van der Waals surface area (Å²) in [4.78, 5) is 10.1. The number of carbonyl (C=O) groups is 1. The van der Waals surface area contributed by atoms with Crippen molar-refractivity contribution < 1.29 is 9.53 Å². The molecular formula is C7H10O2. The summed E-state index contributed by atoms with van der Waals surface area (Å²) in [6.45, 7) is 3.87. The largest absolute Gasteiger partial charge is 0.487 e. The van der Waals surface area contributed by atoms with Crippen LogP contribution in [0.3, 0.4) is 0 Å². The molecule has 1 atom stereocenters. The zero-order valence-corrected chi connectivity index (χ0v) is 5.68. The summed E-state index contributed by atoms with van der Waals surface area (Å²) in [5.41, 5.74) is 1.19. The third kappa shape index (κ3) is 1.12. The van der Waals surface area contributed by atoms with Gasteiger partial charge in [-0.3, -0.25) is 4.79 Å². The van der Waals surface area contributed by atoms with Gasteiger partial charge in [-0.25, -0.2) is 0 Å². The van der Waals surface area contributed by atoms with Crippen molar-refractivity contribution >= 4 is 6.29 Å². The zero-order valence-electron chi connectivity index (χ0n) is 5.68. The van der Waals surface area contributed by atoms with Crippen molar-refractivity contribution in [2.45, 2.75) is 26.4 Å². The molecule has 0 aliphatic carbocycles. The van der Waals surface area contributed by atoms with Gasteiger partial charge in [0.15, 0.2) is 12.4 Å². The summed E-state index contributed by atoms with van der Waals surface area (Å²) in [6, 6.07) is 0. The Hall–Kier alpha value is -0.790. The summed E-state index contributed by atoms with van der Waals surface area (Å²) in [6.07, 6.45) is 1.42. The van der Waals surface area contributed by atoms with Gasteiger partial charge in [-0.2, -0.15) is 0 Å². The maximum Gasteiger partial charge on any atom is 0.160 e. The number of ether oxygens (including phenoxy) is 1.